The second-order valence-electron chi connectivity index (χ2n) is 4.52. The Kier molecular flexibility index (Phi) is 7.40. The first-order valence-electron chi connectivity index (χ1n) is 6.47. The summed E-state index contributed by atoms with van der Waals surface area (Å²) in [6.07, 6.45) is 2.36. The molecule has 3 N–H and O–H groups in total. The average Bonchev–Trinajstić information content (AvgIpc) is 2.42. The number of carbonyl (C=O) groups is 1. The first-order valence-corrected chi connectivity index (χ1v) is 7.86. The number of nitrogens with two attached hydrogens (primary N) is 1. The Hall–Kier alpha value is -1.27. The Morgan fingerprint density at radius 2 is 2.30 bits per heavy atom. The number of carbonyl (C=O) groups excluding carboxylic acids is 1. The molecule has 2 atom stereocenters. The molecule has 0 spiro atoms. The molecule has 0 aliphatic carbocycles. The number of amides is 1. The monoisotopic (exact) mass is 300 g/mol. The number of halogens is 1. The normalized spacial score (nSPS) is 13.6. The molecule has 0 heterocycles. The van der Waals surface area contributed by atoms with E-state index in [-0.39, 0.29) is 17.8 Å². The van der Waals surface area contributed by atoms with Gasteiger partial charge in [0, 0.05) is 6.07 Å². The predicted molar refractivity (Wildman–Crippen MR) is 80.5 cm³/mol. The Morgan fingerprint density at radius 3 is 2.95 bits per heavy atom. The zero-order chi connectivity index (χ0) is 15.0. The van der Waals surface area contributed by atoms with Crippen LogP contribution in [0.25, 0.3) is 0 Å². The maximum Gasteiger partial charge on any atom is 0.237 e. The summed E-state index contributed by atoms with van der Waals surface area (Å²) in [5, 5.41) is 2.73. The molecule has 0 saturated heterocycles. The fourth-order valence-corrected chi connectivity index (χ4v) is 2.06. The lowest BCUT2D eigenvalue weighted by Gasteiger charge is -2.17. The van der Waals surface area contributed by atoms with Gasteiger partial charge in [-0.15, -0.1) is 0 Å². The van der Waals surface area contributed by atoms with E-state index < -0.39 is 6.04 Å². The smallest absolute Gasteiger partial charge is 0.237 e. The molecule has 0 saturated carbocycles. The maximum atomic E-state index is 13.0. The summed E-state index contributed by atoms with van der Waals surface area (Å²) in [6.45, 7) is 2.14. The van der Waals surface area contributed by atoms with Gasteiger partial charge in [0.1, 0.15) is 17.7 Å². The molecule has 112 valence electrons. The molecule has 1 rings (SSSR count). The number of benzene rings is 1. The van der Waals surface area contributed by atoms with E-state index in [0.29, 0.717) is 18.7 Å². The summed E-state index contributed by atoms with van der Waals surface area (Å²) in [6, 6.07) is 5.41. The standard InChI is InChI=1S/C14H21FN2O2S/c1-10(19-12-5-3-4-11(15)8-12)9-17-14(18)13(16)6-7-20-2/h3-5,8,10,13H,6-7,9,16H2,1-2H3,(H,17,18)/t10?,13-/m0/s1. The van der Waals surface area contributed by atoms with Crippen molar-refractivity contribution in [3.05, 3.63) is 30.1 Å². The van der Waals surface area contributed by atoms with Crippen LogP contribution in [0.3, 0.4) is 0 Å². The number of rotatable bonds is 8. The van der Waals surface area contributed by atoms with E-state index in [1.54, 1.807) is 30.8 Å². The van der Waals surface area contributed by atoms with Crippen LogP contribution in [0.1, 0.15) is 13.3 Å². The highest BCUT2D eigenvalue weighted by atomic mass is 32.2. The van der Waals surface area contributed by atoms with Crippen molar-refractivity contribution in [2.45, 2.75) is 25.5 Å². The Morgan fingerprint density at radius 1 is 1.55 bits per heavy atom. The van der Waals surface area contributed by atoms with Gasteiger partial charge in [-0.05, 0) is 37.5 Å². The molecule has 1 aromatic carbocycles. The molecule has 0 radical (unpaired) electrons. The highest BCUT2D eigenvalue weighted by Crippen LogP contribution is 2.13. The van der Waals surface area contributed by atoms with Gasteiger partial charge in [0.25, 0.3) is 0 Å². The largest absolute Gasteiger partial charge is 0.489 e. The molecular formula is C14H21FN2O2S. The van der Waals surface area contributed by atoms with Gasteiger partial charge in [0.05, 0.1) is 12.6 Å². The van der Waals surface area contributed by atoms with Crippen LogP contribution in [0.15, 0.2) is 24.3 Å². The van der Waals surface area contributed by atoms with Gasteiger partial charge in [0.2, 0.25) is 5.91 Å². The minimum Gasteiger partial charge on any atom is -0.489 e. The third-order valence-electron chi connectivity index (χ3n) is 2.67. The van der Waals surface area contributed by atoms with Crippen LogP contribution in [0.5, 0.6) is 5.75 Å². The van der Waals surface area contributed by atoms with E-state index in [0.717, 1.165) is 5.75 Å². The Bertz CT molecular complexity index is 431. The van der Waals surface area contributed by atoms with Gasteiger partial charge in [-0.3, -0.25) is 4.79 Å². The third kappa shape index (κ3) is 6.25. The van der Waals surface area contributed by atoms with Crippen LogP contribution < -0.4 is 15.8 Å². The van der Waals surface area contributed by atoms with Crippen molar-refractivity contribution in [3.8, 4) is 5.75 Å². The summed E-state index contributed by atoms with van der Waals surface area (Å²) in [5.41, 5.74) is 5.75. The highest BCUT2D eigenvalue weighted by Gasteiger charge is 2.14. The Balaban J connectivity index is 2.32. The quantitative estimate of drug-likeness (QED) is 0.768. The van der Waals surface area contributed by atoms with E-state index >= 15 is 0 Å². The molecular weight excluding hydrogens is 279 g/mol. The third-order valence-corrected chi connectivity index (χ3v) is 3.31. The fourth-order valence-electron chi connectivity index (χ4n) is 1.57. The van der Waals surface area contributed by atoms with Gasteiger partial charge in [-0.1, -0.05) is 6.07 Å². The lowest BCUT2D eigenvalue weighted by Crippen LogP contribution is -2.44. The minimum atomic E-state index is -0.496. The molecule has 20 heavy (non-hydrogen) atoms. The van der Waals surface area contributed by atoms with Crippen LogP contribution in [0.4, 0.5) is 4.39 Å². The summed E-state index contributed by atoms with van der Waals surface area (Å²) >= 11 is 1.65. The molecule has 0 aliphatic heterocycles. The Labute approximate surface area is 123 Å². The van der Waals surface area contributed by atoms with Crippen molar-refractivity contribution in [1.29, 1.82) is 0 Å². The van der Waals surface area contributed by atoms with Gasteiger partial charge in [0.15, 0.2) is 0 Å². The van der Waals surface area contributed by atoms with Crippen molar-refractivity contribution >= 4 is 17.7 Å². The molecule has 0 bridgehead atoms. The summed E-state index contributed by atoms with van der Waals surface area (Å²) in [5.74, 6) is 0.759. The van der Waals surface area contributed by atoms with E-state index in [1.807, 2.05) is 6.26 Å². The van der Waals surface area contributed by atoms with Crippen molar-refractivity contribution in [1.82, 2.24) is 5.32 Å². The second kappa shape index (κ2) is 8.81. The van der Waals surface area contributed by atoms with Crippen LogP contribution >= 0.6 is 11.8 Å². The SMILES string of the molecule is CSCC[C@H](N)C(=O)NCC(C)Oc1cccc(F)c1. The van der Waals surface area contributed by atoms with Crippen molar-refractivity contribution in [2.75, 3.05) is 18.6 Å². The lowest BCUT2D eigenvalue weighted by atomic mass is 10.2. The molecule has 1 aromatic rings. The summed E-state index contributed by atoms with van der Waals surface area (Å²) in [4.78, 5) is 11.7. The minimum absolute atomic E-state index is 0.186. The number of hydrogen-bond acceptors (Lipinski definition) is 4. The van der Waals surface area contributed by atoms with E-state index in [4.69, 9.17) is 10.5 Å². The van der Waals surface area contributed by atoms with Crippen molar-refractivity contribution in [2.24, 2.45) is 5.73 Å². The van der Waals surface area contributed by atoms with E-state index in [2.05, 4.69) is 5.32 Å². The number of nitrogens with one attached hydrogen (secondary N) is 1. The van der Waals surface area contributed by atoms with Crippen LogP contribution in [-0.4, -0.2) is 36.6 Å². The van der Waals surface area contributed by atoms with Gasteiger partial charge >= 0.3 is 0 Å². The molecule has 4 nitrogen and oxygen atoms in total. The van der Waals surface area contributed by atoms with E-state index in [1.165, 1.54) is 12.1 Å². The molecule has 0 aliphatic rings. The molecule has 1 unspecified atom stereocenters. The van der Waals surface area contributed by atoms with Crippen molar-refractivity contribution in [3.63, 3.8) is 0 Å². The molecule has 1 amide bonds. The molecule has 0 aromatic heterocycles. The summed E-state index contributed by atoms with van der Waals surface area (Å²) < 4.78 is 18.5. The zero-order valence-corrected chi connectivity index (χ0v) is 12.6. The number of ether oxygens (including phenoxy) is 1. The molecule has 6 heteroatoms. The summed E-state index contributed by atoms with van der Waals surface area (Å²) in [7, 11) is 0. The maximum absolute atomic E-state index is 13.0. The fraction of sp³-hybridized carbons (Fsp3) is 0.500. The second-order valence-corrected chi connectivity index (χ2v) is 5.50. The van der Waals surface area contributed by atoms with E-state index in [9.17, 15) is 9.18 Å². The molecule has 0 fully saturated rings. The van der Waals surface area contributed by atoms with Gasteiger partial charge in [-0.25, -0.2) is 4.39 Å². The number of hydrogen-bond donors (Lipinski definition) is 2. The van der Waals surface area contributed by atoms with Gasteiger partial charge < -0.3 is 15.8 Å². The first kappa shape index (κ1) is 16.8. The lowest BCUT2D eigenvalue weighted by molar-refractivity contribution is -0.122. The highest BCUT2D eigenvalue weighted by molar-refractivity contribution is 7.98. The number of thioether (sulfide) groups is 1. The van der Waals surface area contributed by atoms with Gasteiger partial charge in [-0.2, -0.15) is 11.8 Å². The van der Waals surface area contributed by atoms with Crippen LogP contribution in [-0.2, 0) is 4.79 Å². The first-order chi connectivity index (χ1) is 9.52. The van der Waals surface area contributed by atoms with Crippen molar-refractivity contribution < 1.29 is 13.9 Å². The predicted octanol–water partition coefficient (Wildman–Crippen LogP) is 1.79. The van der Waals surface area contributed by atoms with Crippen LogP contribution in [0.2, 0.25) is 0 Å². The average molecular weight is 300 g/mol. The topological polar surface area (TPSA) is 64.4 Å². The zero-order valence-electron chi connectivity index (χ0n) is 11.8. The van der Waals surface area contributed by atoms with Crippen LogP contribution in [0, 0.1) is 5.82 Å².